The Hall–Kier alpha value is -1.20. The first kappa shape index (κ1) is 23.8. The summed E-state index contributed by atoms with van der Waals surface area (Å²) in [7, 11) is 1.72. The van der Waals surface area contributed by atoms with Gasteiger partial charge in [0, 0.05) is 65.3 Å². The number of aliphatic imine (C=N–C) groups is 1. The van der Waals surface area contributed by atoms with Gasteiger partial charge in [-0.25, -0.2) is 9.97 Å². The van der Waals surface area contributed by atoms with Gasteiger partial charge in [0.1, 0.15) is 0 Å². The maximum atomic E-state index is 5.43. The lowest BCUT2D eigenvalue weighted by Crippen LogP contribution is -2.49. The minimum absolute atomic E-state index is 0. The molecule has 0 atom stereocenters. The summed E-state index contributed by atoms with van der Waals surface area (Å²) in [4.78, 5) is 18.0. The third-order valence-corrected chi connectivity index (χ3v) is 4.44. The molecule has 1 aromatic heterocycles. The summed E-state index contributed by atoms with van der Waals surface area (Å²) < 4.78 is 5.43. The first-order valence-corrected chi connectivity index (χ1v) is 9.35. The van der Waals surface area contributed by atoms with E-state index in [4.69, 9.17) is 4.74 Å². The fraction of sp³-hybridized carbons (Fsp3) is 0.722. The van der Waals surface area contributed by atoms with Crippen molar-refractivity contribution in [1.82, 2.24) is 25.5 Å². The molecule has 154 valence electrons. The van der Waals surface area contributed by atoms with Crippen LogP contribution in [-0.2, 0) is 4.74 Å². The molecule has 0 saturated carbocycles. The zero-order chi connectivity index (χ0) is 18.8. The minimum atomic E-state index is -0.252. The standard InChI is InChI=1S/C18H33N7O.HI/c1-5-19-16(23-15-18(2,3)26-4)20-9-10-24-11-13-25(14-12-24)17-21-7-6-8-22-17;/h6-8H,5,9-15H2,1-4H3,(H2,19,20,23);1H. The normalized spacial score (nSPS) is 16.0. The number of nitrogens with zero attached hydrogens (tertiary/aromatic N) is 5. The van der Waals surface area contributed by atoms with Crippen molar-refractivity contribution >= 4 is 35.9 Å². The lowest BCUT2D eigenvalue weighted by Gasteiger charge is -2.34. The van der Waals surface area contributed by atoms with E-state index in [1.165, 1.54) is 0 Å². The monoisotopic (exact) mass is 491 g/mol. The van der Waals surface area contributed by atoms with E-state index in [2.05, 4.69) is 42.3 Å². The van der Waals surface area contributed by atoms with Crippen molar-refractivity contribution in [3.63, 3.8) is 0 Å². The van der Waals surface area contributed by atoms with E-state index in [0.717, 1.165) is 57.7 Å². The Morgan fingerprint density at radius 3 is 2.44 bits per heavy atom. The highest BCUT2D eigenvalue weighted by Crippen LogP contribution is 2.09. The molecule has 0 spiro atoms. The Balaban J connectivity index is 0.00000364. The van der Waals surface area contributed by atoms with Gasteiger partial charge in [0.15, 0.2) is 5.96 Å². The summed E-state index contributed by atoms with van der Waals surface area (Å²) in [6, 6.07) is 1.85. The van der Waals surface area contributed by atoms with Crippen molar-refractivity contribution < 1.29 is 4.74 Å². The fourth-order valence-corrected chi connectivity index (χ4v) is 2.63. The number of halogens is 1. The van der Waals surface area contributed by atoms with E-state index in [0.29, 0.717) is 6.54 Å². The van der Waals surface area contributed by atoms with E-state index < -0.39 is 0 Å². The molecule has 1 fully saturated rings. The highest BCUT2D eigenvalue weighted by molar-refractivity contribution is 14.0. The molecule has 0 unspecified atom stereocenters. The van der Waals surface area contributed by atoms with Gasteiger partial charge >= 0.3 is 0 Å². The molecule has 8 nitrogen and oxygen atoms in total. The zero-order valence-corrected chi connectivity index (χ0v) is 19.3. The number of hydrogen-bond donors (Lipinski definition) is 2. The SMILES string of the molecule is CCNC(=NCC(C)(C)OC)NCCN1CCN(c2ncccn2)CC1.I. The predicted molar refractivity (Wildman–Crippen MR) is 121 cm³/mol. The first-order chi connectivity index (χ1) is 12.5. The Morgan fingerprint density at radius 1 is 1.19 bits per heavy atom. The Labute approximate surface area is 180 Å². The quantitative estimate of drug-likeness (QED) is 0.322. The summed E-state index contributed by atoms with van der Waals surface area (Å²) in [5.74, 6) is 1.67. The van der Waals surface area contributed by atoms with Gasteiger partial charge < -0.3 is 20.3 Å². The summed E-state index contributed by atoms with van der Waals surface area (Å²) in [6.07, 6.45) is 3.59. The molecule has 0 radical (unpaired) electrons. The number of piperazine rings is 1. The van der Waals surface area contributed by atoms with Crippen molar-refractivity contribution in [1.29, 1.82) is 0 Å². The smallest absolute Gasteiger partial charge is 0.225 e. The van der Waals surface area contributed by atoms with Crippen molar-refractivity contribution in [3.8, 4) is 0 Å². The van der Waals surface area contributed by atoms with Gasteiger partial charge in [0.25, 0.3) is 0 Å². The topological polar surface area (TPSA) is 77.9 Å². The molecule has 1 aliphatic rings. The van der Waals surface area contributed by atoms with Gasteiger partial charge in [-0.3, -0.25) is 9.89 Å². The molecule has 1 saturated heterocycles. The second kappa shape index (κ2) is 12.3. The molecule has 27 heavy (non-hydrogen) atoms. The number of ether oxygens (including phenoxy) is 1. The van der Waals surface area contributed by atoms with Crippen LogP contribution in [0, 0.1) is 0 Å². The van der Waals surface area contributed by atoms with Crippen molar-refractivity contribution in [2.45, 2.75) is 26.4 Å². The highest BCUT2D eigenvalue weighted by atomic mass is 127. The number of anilines is 1. The highest BCUT2D eigenvalue weighted by Gasteiger charge is 2.18. The summed E-state index contributed by atoms with van der Waals surface area (Å²) in [5, 5.41) is 6.70. The predicted octanol–water partition coefficient (Wildman–Crippen LogP) is 1.20. The molecule has 0 aromatic carbocycles. The van der Waals surface area contributed by atoms with Crippen molar-refractivity contribution in [3.05, 3.63) is 18.5 Å². The molecule has 9 heteroatoms. The van der Waals surface area contributed by atoms with Crippen LogP contribution in [0.25, 0.3) is 0 Å². The Kier molecular flexibility index (Phi) is 10.9. The number of aromatic nitrogens is 2. The lowest BCUT2D eigenvalue weighted by molar-refractivity contribution is 0.0310. The van der Waals surface area contributed by atoms with Crippen LogP contribution in [0.1, 0.15) is 20.8 Å². The molecule has 2 rings (SSSR count). The minimum Gasteiger partial charge on any atom is -0.377 e. The molecule has 2 heterocycles. The van der Waals surface area contributed by atoms with E-state index in [1.807, 2.05) is 19.9 Å². The van der Waals surface area contributed by atoms with E-state index in [1.54, 1.807) is 19.5 Å². The van der Waals surface area contributed by atoms with Crippen LogP contribution in [0.2, 0.25) is 0 Å². The largest absolute Gasteiger partial charge is 0.377 e. The van der Waals surface area contributed by atoms with Crippen LogP contribution in [0.3, 0.4) is 0 Å². The molecule has 2 N–H and O–H groups in total. The van der Waals surface area contributed by atoms with Gasteiger partial charge in [-0.1, -0.05) is 0 Å². The number of hydrogen-bond acceptors (Lipinski definition) is 6. The summed E-state index contributed by atoms with van der Waals surface area (Å²) in [5.41, 5.74) is -0.252. The van der Waals surface area contributed by atoms with E-state index in [-0.39, 0.29) is 29.6 Å². The van der Waals surface area contributed by atoms with Crippen molar-refractivity contribution in [2.75, 3.05) is 64.4 Å². The van der Waals surface area contributed by atoms with E-state index in [9.17, 15) is 0 Å². The maximum Gasteiger partial charge on any atom is 0.225 e. The van der Waals surface area contributed by atoms with Gasteiger partial charge in [0.2, 0.25) is 5.95 Å². The lowest BCUT2D eigenvalue weighted by atomic mass is 10.1. The van der Waals surface area contributed by atoms with Crippen LogP contribution < -0.4 is 15.5 Å². The van der Waals surface area contributed by atoms with Gasteiger partial charge in [0.05, 0.1) is 12.1 Å². The number of methoxy groups -OCH3 is 1. The first-order valence-electron chi connectivity index (χ1n) is 9.35. The summed E-state index contributed by atoms with van der Waals surface area (Å²) in [6.45, 7) is 13.4. The van der Waals surface area contributed by atoms with Gasteiger partial charge in [-0.2, -0.15) is 0 Å². The molecule has 0 bridgehead atoms. The Bertz CT molecular complexity index is 548. The van der Waals surface area contributed by atoms with Crippen molar-refractivity contribution in [2.24, 2.45) is 4.99 Å². The van der Waals surface area contributed by atoms with Crippen LogP contribution in [0.15, 0.2) is 23.5 Å². The Morgan fingerprint density at radius 2 is 1.85 bits per heavy atom. The second-order valence-electron chi connectivity index (χ2n) is 6.96. The summed E-state index contributed by atoms with van der Waals surface area (Å²) >= 11 is 0. The average molecular weight is 491 g/mol. The molecule has 1 aromatic rings. The van der Waals surface area contributed by atoms with Crippen LogP contribution >= 0.6 is 24.0 Å². The van der Waals surface area contributed by atoms with Gasteiger partial charge in [-0.05, 0) is 26.8 Å². The molecular formula is C18H34IN7O. The average Bonchev–Trinajstić information content (AvgIpc) is 2.67. The molecule has 1 aliphatic heterocycles. The van der Waals surface area contributed by atoms with Gasteiger partial charge in [-0.15, -0.1) is 24.0 Å². The molecule has 0 amide bonds. The van der Waals surface area contributed by atoms with Crippen LogP contribution in [0.4, 0.5) is 5.95 Å². The fourth-order valence-electron chi connectivity index (χ4n) is 2.63. The number of nitrogens with one attached hydrogen (secondary N) is 2. The number of guanidine groups is 1. The zero-order valence-electron chi connectivity index (χ0n) is 16.9. The second-order valence-corrected chi connectivity index (χ2v) is 6.96. The van der Waals surface area contributed by atoms with E-state index >= 15 is 0 Å². The molecule has 0 aliphatic carbocycles. The third kappa shape index (κ3) is 8.56. The van der Waals surface area contributed by atoms with Crippen LogP contribution in [0.5, 0.6) is 0 Å². The number of rotatable bonds is 8. The third-order valence-electron chi connectivity index (χ3n) is 4.44. The maximum absolute atomic E-state index is 5.43. The van der Waals surface area contributed by atoms with Crippen LogP contribution in [-0.4, -0.2) is 85.9 Å². The molecular weight excluding hydrogens is 457 g/mol.